The van der Waals surface area contributed by atoms with Gasteiger partial charge in [-0.25, -0.2) is 5.01 Å². The first-order chi connectivity index (χ1) is 4.22. The second-order valence-corrected chi connectivity index (χ2v) is 1.54. The van der Waals surface area contributed by atoms with Gasteiger partial charge in [0, 0.05) is 13.3 Å². The number of hydrogen-bond acceptors (Lipinski definition) is 3. The van der Waals surface area contributed by atoms with Crippen molar-refractivity contribution in [3.63, 3.8) is 0 Å². The molecule has 0 radical (unpaired) electrons. The molecule has 0 aromatic carbocycles. The van der Waals surface area contributed by atoms with Gasteiger partial charge in [-0.05, 0) is 19.9 Å². The Kier molecular flexibility index (Phi) is 3.51. The highest BCUT2D eigenvalue weighted by Gasteiger charge is 1.92. The average Bonchev–Trinajstić information content (AvgIpc) is 1.87. The van der Waals surface area contributed by atoms with Crippen molar-refractivity contribution < 1.29 is 5.11 Å². The Bertz CT molecular complexity index is 129. The molecule has 0 saturated heterocycles. The predicted molar refractivity (Wildman–Crippen MR) is 38.3 cm³/mol. The molecule has 0 atom stereocenters. The number of hydrazone groups is 1. The summed E-state index contributed by atoms with van der Waals surface area (Å²) < 4.78 is 0. The number of aliphatic hydroxyl groups excluding tert-OH is 1. The molecular formula is C6H12N2O. The van der Waals surface area contributed by atoms with E-state index in [2.05, 4.69) is 5.10 Å². The second kappa shape index (κ2) is 3.95. The van der Waals surface area contributed by atoms with Crippen LogP contribution in [0.4, 0.5) is 0 Å². The van der Waals surface area contributed by atoms with E-state index >= 15 is 0 Å². The number of nitrogens with zero attached hydrogens (tertiary/aromatic N) is 2. The lowest BCUT2D eigenvalue weighted by Crippen LogP contribution is -2.09. The van der Waals surface area contributed by atoms with Gasteiger partial charge in [0.2, 0.25) is 5.88 Å². The van der Waals surface area contributed by atoms with E-state index < -0.39 is 0 Å². The van der Waals surface area contributed by atoms with Crippen molar-refractivity contribution in [2.45, 2.75) is 13.8 Å². The standard InChI is InChI=1S/C6H12N2O/c1-4-6(9)8(3)7-5-2/h4-5,9H,1-3H3/b6-4+,7-5+. The van der Waals surface area contributed by atoms with Crippen molar-refractivity contribution in [3.8, 4) is 0 Å². The van der Waals surface area contributed by atoms with Crippen molar-refractivity contribution in [2.24, 2.45) is 5.10 Å². The van der Waals surface area contributed by atoms with Crippen LogP contribution in [-0.2, 0) is 0 Å². The van der Waals surface area contributed by atoms with Crippen LogP contribution in [0.25, 0.3) is 0 Å². The third-order valence-corrected chi connectivity index (χ3v) is 0.878. The minimum Gasteiger partial charge on any atom is -0.494 e. The van der Waals surface area contributed by atoms with Crippen LogP contribution in [0.3, 0.4) is 0 Å². The van der Waals surface area contributed by atoms with Crippen LogP contribution in [-0.4, -0.2) is 23.4 Å². The van der Waals surface area contributed by atoms with Crippen LogP contribution < -0.4 is 0 Å². The molecule has 0 aliphatic carbocycles. The molecule has 0 aromatic heterocycles. The molecule has 0 spiro atoms. The molecule has 0 amide bonds. The van der Waals surface area contributed by atoms with Crippen molar-refractivity contribution in [1.82, 2.24) is 5.01 Å². The van der Waals surface area contributed by atoms with Crippen molar-refractivity contribution in [2.75, 3.05) is 7.05 Å². The van der Waals surface area contributed by atoms with E-state index in [-0.39, 0.29) is 5.88 Å². The number of rotatable bonds is 2. The van der Waals surface area contributed by atoms with Gasteiger partial charge in [0.05, 0.1) is 0 Å². The van der Waals surface area contributed by atoms with Crippen LogP contribution in [0.2, 0.25) is 0 Å². The van der Waals surface area contributed by atoms with E-state index in [1.165, 1.54) is 5.01 Å². The molecule has 0 aliphatic heterocycles. The second-order valence-electron chi connectivity index (χ2n) is 1.54. The van der Waals surface area contributed by atoms with E-state index in [0.29, 0.717) is 0 Å². The van der Waals surface area contributed by atoms with Gasteiger partial charge in [-0.2, -0.15) is 5.10 Å². The lowest BCUT2D eigenvalue weighted by molar-refractivity contribution is 0.239. The SMILES string of the molecule is C/C=N/N(C)/C(O)=C\C. The predicted octanol–water partition coefficient (Wildman–Crippen LogP) is 1.34. The fraction of sp³-hybridized carbons (Fsp3) is 0.500. The van der Waals surface area contributed by atoms with E-state index in [4.69, 9.17) is 5.11 Å². The molecule has 0 heterocycles. The van der Waals surface area contributed by atoms with Crippen molar-refractivity contribution >= 4 is 6.21 Å². The van der Waals surface area contributed by atoms with Gasteiger partial charge in [0.25, 0.3) is 0 Å². The summed E-state index contributed by atoms with van der Waals surface area (Å²) in [6.07, 6.45) is 3.19. The molecule has 3 nitrogen and oxygen atoms in total. The van der Waals surface area contributed by atoms with Gasteiger partial charge in [0.15, 0.2) is 0 Å². The Hall–Kier alpha value is -0.990. The van der Waals surface area contributed by atoms with Crippen LogP contribution >= 0.6 is 0 Å². The Morgan fingerprint density at radius 3 is 2.44 bits per heavy atom. The first-order valence-electron chi connectivity index (χ1n) is 2.80. The van der Waals surface area contributed by atoms with Crippen LogP contribution in [0.15, 0.2) is 17.1 Å². The summed E-state index contributed by atoms with van der Waals surface area (Å²) in [5.74, 6) is 0.160. The summed E-state index contributed by atoms with van der Waals surface area (Å²) in [6.45, 7) is 3.54. The first-order valence-corrected chi connectivity index (χ1v) is 2.80. The van der Waals surface area contributed by atoms with E-state index in [1.54, 1.807) is 33.2 Å². The van der Waals surface area contributed by atoms with Gasteiger partial charge in [-0.1, -0.05) is 0 Å². The molecule has 0 aliphatic rings. The fourth-order valence-corrected chi connectivity index (χ4v) is 0.419. The number of hydrogen-bond donors (Lipinski definition) is 1. The van der Waals surface area contributed by atoms with E-state index in [0.717, 1.165) is 0 Å². The summed E-state index contributed by atoms with van der Waals surface area (Å²) in [5.41, 5.74) is 0. The summed E-state index contributed by atoms with van der Waals surface area (Å²) in [4.78, 5) is 0. The molecule has 3 heteroatoms. The third-order valence-electron chi connectivity index (χ3n) is 0.878. The van der Waals surface area contributed by atoms with E-state index in [9.17, 15) is 0 Å². The molecule has 52 valence electrons. The van der Waals surface area contributed by atoms with E-state index in [1.807, 2.05) is 0 Å². The smallest absolute Gasteiger partial charge is 0.202 e. The van der Waals surface area contributed by atoms with Crippen molar-refractivity contribution in [3.05, 3.63) is 12.0 Å². The Morgan fingerprint density at radius 1 is 1.56 bits per heavy atom. The summed E-state index contributed by atoms with van der Waals surface area (Å²) in [7, 11) is 1.68. The zero-order valence-electron chi connectivity index (χ0n) is 6.00. The molecule has 1 N–H and O–H groups in total. The Balaban J connectivity index is 3.88. The Labute approximate surface area is 55.3 Å². The van der Waals surface area contributed by atoms with Gasteiger partial charge in [-0.15, -0.1) is 0 Å². The van der Waals surface area contributed by atoms with Gasteiger partial charge >= 0.3 is 0 Å². The molecule has 0 rings (SSSR count). The van der Waals surface area contributed by atoms with Crippen LogP contribution in [0.1, 0.15) is 13.8 Å². The van der Waals surface area contributed by atoms with Gasteiger partial charge in [-0.3, -0.25) is 0 Å². The lowest BCUT2D eigenvalue weighted by atomic mass is 10.6. The zero-order chi connectivity index (χ0) is 7.28. The molecule has 0 saturated carbocycles. The van der Waals surface area contributed by atoms with Gasteiger partial charge < -0.3 is 5.11 Å². The highest BCUT2D eigenvalue weighted by atomic mass is 16.3. The maximum atomic E-state index is 8.93. The highest BCUT2D eigenvalue weighted by molar-refractivity contribution is 5.52. The van der Waals surface area contributed by atoms with Crippen LogP contribution in [0.5, 0.6) is 0 Å². The fourth-order valence-electron chi connectivity index (χ4n) is 0.419. The largest absolute Gasteiger partial charge is 0.494 e. The monoisotopic (exact) mass is 128 g/mol. The summed E-state index contributed by atoms with van der Waals surface area (Å²) in [5, 5.41) is 14.1. The normalized spacial score (nSPS) is 12.6. The maximum Gasteiger partial charge on any atom is 0.202 e. The third kappa shape index (κ3) is 2.74. The number of allylic oxidation sites excluding steroid dienone is 1. The Morgan fingerprint density at radius 2 is 2.11 bits per heavy atom. The molecule has 0 aromatic rings. The lowest BCUT2D eigenvalue weighted by Gasteiger charge is -2.08. The molecule has 9 heavy (non-hydrogen) atoms. The summed E-state index contributed by atoms with van der Waals surface area (Å²) >= 11 is 0. The minimum absolute atomic E-state index is 0.160. The number of aliphatic hydroxyl groups is 1. The summed E-state index contributed by atoms with van der Waals surface area (Å²) in [6, 6.07) is 0. The van der Waals surface area contributed by atoms with Crippen LogP contribution in [0, 0.1) is 0 Å². The first kappa shape index (κ1) is 8.01. The van der Waals surface area contributed by atoms with Gasteiger partial charge in [0.1, 0.15) is 0 Å². The highest BCUT2D eigenvalue weighted by Crippen LogP contribution is 1.94. The molecule has 0 fully saturated rings. The van der Waals surface area contributed by atoms with Crippen molar-refractivity contribution in [1.29, 1.82) is 0 Å². The average molecular weight is 128 g/mol. The zero-order valence-corrected chi connectivity index (χ0v) is 6.00. The molecule has 0 unspecified atom stereocenters. The topological polar surface area (TPSA) is 35.8 Å². The quantitative estimate of drug-likeness (QED) is 0.346. The molecular weight excluding hydrogens is 116 g/mol. The minimum atomic E-state index is 0.160. The molecule has 0 bridgehead atoms. The maximum absolute atomic E-state index is 8.93.